The molecule has 1 atom stereocenters. The van der Waals surface area contributed by atoms with Crippen LogP contribution in [0.1, 0.15) is 24.0 Å². The van der Waals surface area contributed by atoms with Crippen molar-refractivity contribution >= 4 is 17.6 Å². The lowest BCUT2D eigenvalue weighted by Crippen LogP contribution is -2.38. The molecule has 0 radical (unpaired) electrons. The van der Waals surface area contributed by atoms with E-state index in [0.717, 1.165) is 24.9 Å². The van der Waals surface area contributed by atoms with Gasteiger partial charge >= 0.3 is 5.97 Å². The number of esters is 1. The molecular weight excluding hydrogens is 276 g/mol. The van der Waals surface area contributed by atoms with Gasteiger partial charge in [0.25, 0.3) is 0 Å². The Kier molecular flexibility index (Phi) is 4.99. The average molecular weight is 293 g/mol. The number of ether oxygens (including phenoxy) is 1. The summed E-state index contributed by atoms with van der Waals surface area (Å²) in [4.78, 5) is 13.8. The Hall–Kier alpha value is -1.57. The Bertz CT molecular complexity index is 539. The maximum absolute atomic E-state index is 11.6. The Balaban J connectivity index is 2.03. The van der Waals surface area contributed by atoms with Crippen molar-refractivity contribution in [1.29, 1.82) is 5.26 Å². The number of carbonyl (C=O) groups excluding carboxylic acids is 1. The first-order chi connectivity index (χ1) is 9.63. The lowest BCUT2D eigenvalue weighted by Gasteiger charge is -2.31. The van der Waals surface area contributed by atoms with Crippen molar-refractivity contribution in [2.24, 2.45) is 5.92 Å². The fourth-order valence-electron chi connectivity index (χ4n) is 2.54. The molecule has 20 heavy (non-hydrogen) atoms. The van der Waals surface area contributed by atoms with Gasteiger partial charge in [0.15, 0.2) is 0 Å². The number of carbonyl (C=O) groups is 1. The molecule has 5 heteroatoms. The minimum atomic E-state index is -0.138. The third-order valence-electron chi connectivity index (χ3n) is 3.62. The molecule has 0 aliphatic carbocycles. The zero-order chi connectivity index (χ0) is 14.5. The van der Waals surface area contributed by atoms with Crippen LogP contribution in [0, 0.1) is 17.2 Å². The van der Waals surface area contributed by atoms with Gasteiger partial charge in [0.2, 0.25) is 0 Å². The second-order valence-corrected chi connectivity index (χ2v) is 5.42. The first-order valence-electron chi connectivity index (χ1n) is 6.62. The second kappa shape index (κ2) is 6.74. The van der Waals surface area contributed by atoms with Crippen molar-refractivity contribution in [3.8, 4) is 6.07 Å². The zero-order valence-corrected chi connectivity index (χ0v) is 12.2. The largest absolute Gasteiger partial charge is 0.469 e. The van der Waals surface area contributed by atoms with Crippen LogP contribution in [0.2, 0.25) is 5.02 Å². The van der Waals surface area contributed by atoms with Crippen LogP contribution in [0.5, 0.6) is 0 Å². The summed E-state index contributed by atoms with van der Waals surface area (Å²) in [5.41, 5.74) is 1.54. The molecule has 0 aromatic heterocycles. The predicted octanol–water partition coefficient (Wildman–Crippen LogP) is 2.60. The van der Waals surface area contributed by atoms with E-state index in [4.69, 9.17) is 21.6 Å². The molecule has 106 valence electrons. The van der Waals surface area contributed by atoms with E-state index < -0.39 is 0 Å². The Labute approximate surface area is 123 Å². The predicted molar refractivity (Wildman–Crippen MR) is 76.2 cm³/mol. The van der Waals surface area contributed by atoms with Crippen molar-refractivity contribution in [2.45, 2.75) is 19.4 Å². The fourth-order valence-corrected chi connectivity index (χ4v) is 2.78. The molecule has 1 heterocycles. The summed E-state index contributed by atoms with van der Waals surface area (Å²) in [7, 11) is 1.43. The summed E-state index contributed by atoms with van der Waals surface area (Å²) in [6.07, 6.45) is 1.86. The monoisotopic (exact) mass is 292 g/mol. The van der Waals surface area contributed by atoms with E-state index in [2.05, 4.69) is 11.0 Å². The highest BCUT2D eigenvalue weighted by molar-refractivity contribution is 6.31. The second-order valence-electron chi connectivity index (χ2n) is 5.02. The molecule has 1 aliphatic heterocycles. The number of piperidine rings is 1. The summed E-state index contributed by atoms with van der Waals surface area (Å²) in [6, 6.07) is 7.39. The van der Waals surface area contributed by atoms with Crippen LogP contribution in [-0.2, 0) is 16.1 Å². The maximum Gasteiger partial charge on any atom is 0.309 e. The molecule has 1 fully saturated rings. The van der Waals surface area contributed by atoms with Gasteiger partial charge in [-0.15, -0.1) is 0 Å². The lowest BCUT2D eigenvalue weighted by atomic mass is 9.97. The van der Waals surface area contributed by atoms with Gasteiger partial charge in [-0.1, -0.05) is 17.7 Å². The highest BCUT2D eigenvalue weighted by Gasteiger charge is 2.26. The summed E-state index contributed by atoms with van der Waals surface area (Å²) in [5.74, 6) is -0.188. The number of nitrogens with zero attached hydrogens (tertiary/aromatic N) is 2. The van der Waals surface area contributed by atoms with E-state index >= 15 is 0 Å². The minimum Gasteiger partial charge on any atom is -0.469 e. The van der Waals surface area contributed by atoms with Gasteiger partial charge in [-0.3, -0.25) is 9.69 Å². The molecule has 1 saturated heterocycles. The highest BCUT2D eigenvalue weighted by atomic mass is 35.5. The number of nitriles is 1. The first-order valence-corrected chi connectivity index (χ1v) is 7.00. The van der Waals surface area contributed by atoms with Crippen LogP contribution >= 0.6 is 11.6 Å². The average Bonchev–Trinajstić information content (AvgIpc) is 2.48. The molecular formula is C15H17ClN2O2. The Morgan fingerprint density at radius 2 is 2.40 bits per heavy atom. The number of hydrogen-bond acceptors (Lipinski definition) is 4. The number of likely N-dealkylation sites (tertiary alicyclic amines) is 1. The molecule has 0 bridgehead atoms. The maximum atomic E-state index is 11.6. The van der Waals surface area contributed by atoms with E-state index in [1.165, 1.54) is 7.11 Å². The standard InChI is InChI=1S/C15H17ClN2O2/c1-20-15(19)13-3-2-6-18(10-13)9-12-5-4-11(8-17)7-14(12)16/h4-5,7,13H,2-3,6,9-10H2,1H3. The number of hydrogen-bond donors (Lipinski definition) is 0. The van der Waals surface area contributed by atoms with Gasteiger partial charge in [0, 0.05) is 18.1 Å². The molecule has 1 aliphatic rings. The van der Waals surface area contributed by atoms with Crippen molar-refractivity contribution in [2.75, 3.05) is 20.2 Å². The van der Waals surface area contributed by atoms with Crippen LogP contribution < -0.4 is 0 Å². The molecule has 4 nitrogen and oxygen atoms in total. The van der Waals surface area contributed by atoms with E-state index in [1.54, 1.807) is 12.1 Å². The lowest BCUT2D eigenvalue weighted by molar-refractivity contribution is -0.147. The van der Waals surface area contributed by atoms with E-state index in [-0.39, 0.29) is 11.9 Å². The van der Waals surface area contributed by atoms with Crippen molar-refractivity contribution < 1.29 is 9.53 Å². The van der Waals surface area contributed by atoms with Crippen LogP contribution in [-0.4, -0.2) is 31.1 Å². The fraction of sp³-hybridized carbons (Fsp3) is 0.467. The third-order valence-corrected chi connectivity index (χ3v) is 3.97. The molecule has 1 unspecified atom stereocenters. The molecule has 0 saturated carbocycles. The normalized spacial score (nSPS) is 19.4. The third kappa shape index (κ3) is 3.50. The van der Waals surface area contributed by atoms with E-state index in [0.29, 0.717) is 23.7 Å². The van der Waals surface area contributed by atoms with Gasteiger partial charge in [-0.2, -0.15) is 5.26 Å². The summed E-state index contributed by atoms with van der Waals surface area (Å²) in [5, 5.41) is 9.43. The van der Waals surface area contributed by atoms with Gasteiger partial charge in [-0.25, -0.2) is 0 Å². The van der Waals surface area contributed by atoms with E-state index in [9.17, 15) is 4.79 Å². The quantitative estimate of drug-likeness (QED) is 0.804. The summed E-state index contributed by atoms with van der Waals surface area (Å²) >= 11 is 6.18. The first kappa shape index (κ1) is 14.8. The Morgan fingerprint density at radius 3 is 3.05 bits per heavy atom. The van der Waals surface area contributed by atoms with Crippen molar-refractivity contribution in [3.05, 3.63) is 34.3 Å². The SMILES string of the molecule is COC(=O)C1CCCN(Cc2ccc(C#N)cc2Cl)C1. The number of benzene rings is 1. The van der Waals surface area contributed by atoms with Crippen LogP contribution in [0.3, 0.4) is 0 Å². The van der Waals surface area contributed by atoms with Crippen LogP contribution in [0.25, 0.3) is 0 Å². The molecule has 0 N–H and O–H groups in total. The van der Waals surface area contributed by atoms with Crippen LogP contribution in [0.15, 0.2) is 18.2 Å². The smallest absolute Gasteiger partial charge is 0.309 e. The van der Waals surface area contributed by atoms with Gasteiger partial charge < -0.3 is 4.74 Å². The highest BCUT2D eigenvalue weighted by Crippen LogP contribution is 2.23. The Morgan fingerprint density at radius 1 is 1.60 bits per heavy atom. The molecule has 0 spiro atoms. The molecule has 1 aromatic carbocycles. The molecule has 0 amide bonds. The van der Waals surface area contributed by atoms with Crippen molar-refractivity contribution in [3.63, 3.8) is 0 Å². The molecule has 2 rings (SSSR count). The van der Waals surface area contributed by atoms with Crippen molar-refractivity contribution in [1.82, 2.24) is 4.90 Å². The topological polar surface area (TPSA) is 53.3 Å². The van der Waals surface area contributed by atoms with Gasteiger partial charge in [0.1, 0.15) is 0 Å². The zero-order valence-electron chi connectivity index (χ0n) is 11.4. The van der Waals surface area contributed by atoms with Gasteiger partial charge in [-0.05, 0) is 37.1 Å². The van der Waals surface area contributed by atoms with Crippen LogP contribution in [0.4, 0.5) is 0 Å². The van der Waals surface area contributed by atoms with Gasteiger partial charge in [0.05, 0.1) is 24.7 Å². The minimum absolute atomic E-state index is 0.0501. The summed E-state index contributed by atoms with van der Waals surface area (Å²) in [6.45, 7) is 2.34. The number of methoxy groups -OCH3 is 1. The summed E-state index contributed by atoms with van der Waals surface area (Å²) < 4.78 is 4.81. The number of halogens is 1. The molecule has 1 aromatic rings. The number of rotatable bonds is 3. The van der Waals surface area contributed by atoms with E-state index in [1.807, 2.05) is 6.07 Å².